The third kappa shape index (κ3) is 6.26. The molecule has 7 heteroatoms. The Labute approximate surface area is 228 Å². The van der Waals surface area contributed by atoms with E-state index in [2.05, 4.69) is 5.32 Å². The van der Waals surface area contributed by atoms with E-state index in [1.54, 1.807) is 35.8 Å². The summed E-state index contributed by atoms with van der Waals surface area (Å²) in [5, 5.41) is 4.09. The lowest BCUT2D eigenvalue weighted by Gasteiger charge is -2.23. The molecule has 38 heavy (non-hydrogen) atoms. The number of fused-ring (bicyclic) bond motifs is 1. The molecule has 1 N–H and O–H groups in total. The molecule has 1 saturated carbocycles. The van der Waals surface area contributed by atoms with Gasteiger partial charge in [-0.15, -0.1) is 11.3 Å². The first-order valence-corrected chi connectivity index (χ1v) is 14.6. The molecule has 0 bridgehead atoms. The van der Waals surface area contributed by atoms with Crippen molar-refractivity contribution in [1.29, 1.82) is 0 Å². The quantitative estimate of drug-likeness (QED) is 0.288. The maximum Gasteiger partial charge on any atom is 0.254 e. The molecule has 0 aliphatic heterocycles. The van der Waals surface area contributed by atoms with Gasteiger partial charge in [0, 0.05) is 22.7 Å². The van der Waals surface area contributed by atoms with Crippen molar-refractivity contribution < 1.29 is 18.7 Å². The number of ether oxygens (including phenoxy) is 2. The summed E-state index contributed by atoms with van der Waals surface area (Å²) in [5.41, 5.74) is 3.29. The molecule has 2 aromatic carbocycles. The minimum Gasteiger partial charge on any atom is -0.490 e. The van der Waals surface area contributed by atoms with Crippen LogP contribution in [0.5, 0.6) is 11.5 Å². The van der Waals surface area contributed by atoms with Gasteiger partial charge in [-0.3, -0.25) is 4.79 Å². The Morgan fingerprint density at radius 1 is 1.05 bits per heavy atom. The van der Waals surface area contributed by atoms with Gasteiger partial charge in [0.25, 0.3) is 5.91 Å². The van der Waals surface area contributed by atoms with Crippen molar-refractivity contribution in [3.05, 3.63) is 75.4 Å². The third-order valence-electron chi connectivity index (χ3n) is 7.26. The van der Waals surface area contributed by atoms with Crippen LogP contribution in [-0.2, 0) is 19.4 Å². The number of carbonyl (C=O) groups is 1. The van der Waals surface area contributed by atoms with Gasteiger partial charge < -0.3 is 14.8 Å². The van der Waals surface area contributed by atoms with Crippen LogP contribution in [0.1, 0.15) is 83.8 Å². The highest BCUT2D eigenvalue weighted by Crippen LogP contribution is 2.40. The van der Waals surface area contributed by atoms with Gasteiger partial charge in [-0.2, -0.15) is 0 Å². The topological polar surface area (TPSA) is 59.9 Å². The summed E-state index contributed by atoms with van der Waals surface area (Å²) in [6.45, 7) is 2.50. The van der Waals surface area contributed by atoms with Crippen LogP contribution in [0.4, 0.5) is 9.39 Å². The fraction of sp³-hybridized carbons (Fsp3) is 0.419. The molecule has 0 unspecified atom stereocenters. The van der Waals surface area contributed by atoms with Crippen LogP contribution in [0.3, 0.4) is 0 Å². The fourth-order valence-electron chi connectivity index (χ4n) is 5.28. The van der Waals surface area contributed by atoms with Crippen LogP contribution in [0.2, 0.25) is 0 Å². The van der Waals surface area contributed by atoms with Gasteiger partial charge in [0.15, 0.2) is 11.5 Å². The summed E-state index contributed by atoms with van der Waals surface area (Å²) in [4.78, 5) is 19.5. The largest absolute Gasteiger partial charge is 0.490 e. The van der Waals surface area contributed by atoms with Gasteiger partial charge in [0.1, 0.15) is 17.4 Å². The van der Waals surface area contributed by atoms with Crippen molar-refractivity contribution in [2.75, 3.05) is 6.61 Å². The number of hydrogen-bond donors (Lipinski definition) is 1. The first-order valence-electron chi connectivity index (χ1n) is 13.7. The number of nitrogens with one attached hydrogen (secondary N) is 1. The van der Waals surface area contributed by atoms with Crippen molar-refractivity contribution in [1.82, 2.24) is 5.32 Å². The lowest BCUT2D eigenvalue weighted by Crippen LogP contribution is -2.36. The van der Waals surface area contributed by atoms with E-state index in [1.165, 1.54) is 35.8 Å². The molecule has 3 aromatic rings. The smallest absolute Gasteiger partial charge is 0.254 e. The second kappa shape index (κ2) is 12.6. The van der Waals surface area contributed by atoms with Gasteiger partial charge in [0.2, 0.25) is 0 Å². The summed E-state index contributed by atoms with van der Waals surface area (Å²) >= 11 is 1.65. The summed E-state index contributed by atoms with van der Waals surface area (Å²) in [7, 11) is 0. The van der Waals surface area contributed by atoms with Crippen LogP contribution in [-0.4, -0.2) is 24.8 Å². The molecule has 0 radical (unpaired) electrons. The Bertz CT molecular complexity index is 1300. The Hall–Kier alpha value is -3.19. The molecule has 0 spiro atoms. The minimum absolute atomic E-state index is 0.0235. The van der Waals surface area contributed by atoms with Gasteiger partial charge in [0.05, 0.1) is 12.2 Å². The monoisotopic (exact) mass is 534 g/mol. The number of hydrogen-bond acceptors (Lipinski definition) is 5. The zero-order valence-corrected chi connectivity index (χ0v) is 22.7. The van der Waals surface area contributed by atoms with Crippen LogP contribution in [0.15, 0.2) is 47.5 Å². The summed E-state index contributed by atoms with van der Waals surface area (Å²) < 4.78 is 25.7. The first kappa shape index (κ1) is 26.4. The van der Waals surface area contributed by atoms with Crippen molar-refractivity contribution in [3.63, 3.8) is 0 Å². The van der Waals surface area contributed by atoms with E-state index in [0.29, 0.717) is 23.7 Å². The number of carbonyl (C=O) groups excluding carboxylic acids is 1. The Balaban J connectivity index is 1.36. The van der Waals surface area contributed by atoms with Crippen molar-refractivity contribution in [2.24, 2.45) is 4.99 Å². The zero-order valence-electron chi connectivity index (χ0n) is 21.9. The third-order valence-corrected chi connectivity index (χ3v) is 8.46. The molecular weight excluding hydrogens is 499 g/mol. The highest BCUT2D eigenvalue weighted by molar-refractivity contribution is 7.16. The number of aliphatic imine (C=N–C) groups is 1. The van der Waals surface area contributed by atoms with Crippen LogP contribution in [0.25, 0.3) is 0 Å². The van der Waals surface area contributed by atoms with Crippen molar-refractivity contribution >= 4 is 28.5 Å². The molecule has 5 nitrogen and oxygen atoms in total. The lowest BCUT2D eigenvalue weighted by molar-refractivity contribution is 0.0927. The van der Waals surface area contributed by atoms with Gasteiger partial charge in [-0.05, 0) is 80.8 Å². The second-order valence-electron chi connectivity index (χ2n) is 9.98. The van der Waals surface area contributed by atoms with E-state index in [9.17, 15) is 9.18 Å². The summed E-state index contributed by atoms with van der Waals surface area (Å²) in [6.07, 6.45) is 11.8. The molecule has 1 aromatic heterocycles. The van der Waals surface area contributed by atoms with E-state index in [4.69, 9.17) is 14.5 Å². The van der Waals surface area contributed by atoms with Crippen molar-refractivity contribution in [3.8, 4) is 11.5 Å². The molecular formula is C31H35FN2O3S. The molecule has 0 atom stereocenters. The Morgan fingerprint density at radius 2 is 1.87 bits per heavy atom. The van der Waals surface area contributed by atoms with Gasteiger partial charge in [-0.25, -0.2) is 9.38 Å². The predicted octanol–water partition coefficient (Wildman–Crippen LogP) is 7.56. The van der Waals surface area contributed by atoms with Crippen LogP contribution in [0, 0.1) is 5.82 Å². The fourth-order valence-corrected chi connectivity index (χ4v) is 6.51. The number of halogens is 1. The minimum atomic E-state index is -0.295. The second-order valence-corrected chi connectivity index (χ2v) is 11.1. The standard InChI is InChI=1S/C31H35FN2O3S/c1-2-36-27-18-21(16-17-26(27)37-20-22-10-6-8-14-25(22)32)19-33-31-29(24-13-7-9-15-28(24)38-31)30(35)34-23-11-4-3-5-12-23/h6,8,10,14,16-19,23H,2-5,7,9,11-13,15,20H2,1H3,(H,34,35). The molecule has 1 amide bonds. The van der Waals surface area contributed by atoms with Gasteiger partial charge >= 0.3 is 0 Å². The number of thiophene rings is 1. The summed E-state index contributed by atoms with van der Waals surface area (Å²) in [5.74, 6) is 0.853. The molecule has 1 heterocycles. The van der Waals surface area contributed by atoms with E-state index < -0.39 is 0 Å². The average molecular weight is 535 g/mol. The number of rotatable bonds is 9. The molecule has 1 fully saturated rings. The average Bonchev–Trinajstić information content (AvgIpc) is 3.31. The van der Waals surface area contributed by atoms with Crippen LogP contribution >= 0.6 is 11.3 Å². The van der Waals surface area contributed by atoms with E-state index in [-0.39, 0.29) is 24.4 Å². The SMILES string of the molecule is CCOc1cc(C=Nc2sc3c(c2C(=O)NC2CCCCC2)CCCC3)ccc1OCc1ccccc1F. The normalized spacial score (nSPS) is 15.8. The molecule has 2 aliphatic carbocycles. The first-order chi connectivity index (χ1) is 18.6. The molecule has 5 rings (SSSR count). The predicted molar refractivity (Wildman–Crippen MR) is 151 cm³/mol. The highest BCUT2D eigenvalue weighted by atomic mass is 32.1. The number of aryl methyl sites for hydroxylation is 1. The van der Waals surface area contributed by atoms with E-state index in [0.717, 1.165) is 54.7 Å². The summed E-state index contributed by atoms with van der Waals surface area (Å²) in [6, 6.07) is 12.4. The number of nitrogens with zero attached hydrogens (tertiary/aromatic N) is 1. The molecule has 2 aliphatic rings. The number of benzene rings is 2. The Kier molecular flexibility index (Phi) is 8.74. The molecule has 200 valence electrons. The lowest BCUT2D eigenvalue weighted by atomic mass is 9.93. The number of amides is 1. The Morgan fingerprint density at radius 3 is 2.68 bits per heavy atom. The van der Waals surface area contributed by atoms with Crippen molar-refractivity contribution in [2.45, 2.75) is 77.4 Å². The van der Waals surface area contributed by atoms with Crippen LogP contribution < -0.4 is 14.8 Å². The van der Waals surface area contributed by atoms with Gasteiger partial charge in [-0.1, -0.05) is 37.5 Å². The highest BCUT2D eigenvalue weighted by Gasteiger charge is 2.27. The maximum atomic E-state index is 14.0. The van der Waals surface area contributed by atoms with E-state index in [1.807, 2.05) is 25.1 Å². The van der Waals surface area contributed by atoms with E-state index >= 15 is 0 Å². The maximum absolute atomic E-state index is 14.0. The molecule has 0 saturated heterocycles. The zero-order chi connectivity index (χ0) is 26.3.